The second-order valence-electron chi connectivity index (χ2n) is 4.81. The minimum absolute atomic E-state index is 0.204. The molecule has 2 rings (SSSR count). The molecule has 0 aliphatic carbocycles. The average Bonchev–Trinajstić information content (AvgIpc) is 2.32. The number of nitrogens with two attached hydrogens (primary N) is 1. The van der Waals surface area contributed by atoms with Gasteiger partial charge in [0.2, 0.25) is 5.91 Å². The molecule has 0 radical (unpaired) electrons. The first-order chi connectivity index (χ1) is 8.18. The van der Waals surface area contributed by atoms with Crippen LogP contribution in [0.3, 0.4) is 0 Å². The lowest BCUT2D eigenvalue weighted by Crippen LogP contribution is -2.42. The van der Waals surface area contributed by atoms with Crippen molar-refractivity contribution in [3.8, 4) is 0 Å². The van der Waals surface area contributed by atoms with Gasteiger partial charge < -0.3 is 10.6 Å². The molecule has 1 atom stereocenters. The number of para-hydroxylation sites is 1. The van der Waals surface area contributed by atoms with Crippen molar-refractivity contribution in [2.24, 2.45) is 0 Å². The first-order valence-corrected chi connectivity index (χ1v) is 6.31. The average molecular weight is 232 g/mol. The van der Waals surface area contributed by atoms with Crippen LogP contribution in [-0.2, 0) is 11.2 Å². The Morgan fingerprint density at radius 3 is 2.88 bits per heavy atom. The first kappa shape index (κ1) is 12.0. The Balaban J connectivity index is 2.03. The summed E-state index contributed by atoms with van der Waals surface area (Å²) >= 11 is 0. The molecule has 0 saturated carbocycles. The number of carbonyl (C=O) groups excluding carboxylic acids is 1. The number of carbonyl (C=O) groups is 1. The maximum atomic E-state index is 12.2. The van der Waals surface area contributed by atoms with Gasteiger partial charge in [0.25, 0.3) is 0 Å². The van der Waals surface area contributed by atoms with Crippen LogP contribution in [0.5, 0.6) is 0 Å². The van der Waals surface area contributed by atoms with Crippen LogP contribution >= 0.6 is 0 Å². The highest BCUT2D eigenvalue weighted by molar-refractivity contribution is 5.80. The van der Waals surface area contributed by atoms with Crippen molar-refractivity contribution in [3.63, 3.8) is 0 Å². The first-order valence-electron chi connectivity index (χ1n) is 6.31. The Labute approximate surface area is 103 Å². The summed E-state index contributed by atoms with van der Waals surface area (Å²) in [4.78, 5) is 14.2. The summed E-state index contributed by atoms with van der Waals surface area (Å²) in [6.07, 6.45) is 3.91. The summed E-state index contributed by atoms with van der Waals surface area (Å²) in [5.41, 5.74) is 7.52. The minimum Gasteiger partial charge on any atom is -0.398 e. The molecule has 0 spiro atoms. The van der Waals surface area contributed by atoms with E-state index >= 15 is 0 Å². The third-order valence-corrected chi connectivity index (χ3v) is 3.52. The van der Waals surface area contributed by atoms with Gasteiger partial charge in [0.05, 0.1) is 6.42 Å². The third-order valence-electron chi connectivity index (χ3n) is 3.52. The Hall–Kier alpha value is -1.51. The highest BCUT2D eigenvalue weighted by Crippen LogP contribution is 2.19. The highest BCUT2D eigenvalue weighted by Gasteiger charge is 2.23. The summed E-state index contributed by atoms with van der Waals surface area (Å²) in [6, 6.07) is 7.98. The second-order valence-corrected chi connectivity index (χ2v) is 4.81. The van der Waals surface area contributed by atoms with Crippen molar-refractivity contribution in [1.82, 2.24) is 4.90 Å². The maximum absolute atomic E-state index is 12.2. The SMILES string of the molecule is CC1CCCCN1C(=O)Cc1ccccc1N. The normalized spacial score (nSPS) is 20.3. The van der Waals surface area contributed by atoms with Gasteiger partial charge in [-0.15, -0.1) is 0 Å². The van der Waals surface area contributed by atoms with E-state index in [2.05, 4.69) is 6.92 Å². The smallest absolute Gasteiger partial charge is 0.227 e. The minimum atomic E-state index is 0.204. The molecule has 2 N–H and O–H groups in total. The topological polar surface area (TPSA) is 46.3 Å². The predicted octanol–water partition coefficient (Wildman–Crippen LogP) is 2.21. The fourth-order valence-electron chi connectivity index (χ4n) is 2.43. The lowest BCUT2D eigenvalue weighted by Gasteiger charge is -2.33. The summed E-state index contributed by atoms with van der Waals surface area (Å²) in [6.45, 7) is 3.03. The molecule has 1 aliphatic rings. The predicted molar refractivity (Wildman–Crippen MR) is 69.6 cm³/mol. The molecule has 1 heterocycles. The molecule has 1 aromatic rings. The molecule has 1 amide bonds. The zero-order chi connectivity index (χ0) is 12.3. The fourth-order valence-corrected chi connectivity index (χ4v) is 2.43. The van der Waals surface area contributed by atoms with Gasteiger partial charge in [0.15, 0.2) is 0 Å². The molecule has 0 aromatic heterocycles. The summed E-state index contributed by atoms with van der Waals surface area (Å²) < 4.78 is 0. The van der Waals surface area contributed by atoms with Gasteiger partial charge in [0, 0.05) is 18.3 Å². The van der Waals surface area contributed by atoms with E-state index < -0.39 is 0 Å². The molecule has 1 aliphatic heterocycles. The van der Waals surface area contributed by atoms with Gasteiger partial charge >= 0.3 is 0 Å². The number of benzene rings is 1. The number of piperidine rings is 1. The molecule has 92 valence electrons. The van der Waals surface area contributed by atoms with E-state index in [1.165, 1.54) is 6.42 Å². The zero-order valence-corrected chi connectivity index (χ0v) is 10.4. The van der Waals surface area contributed by atoms with Gasteiger partial charge in [-0.25, -0.2) is 0 Å². The van der Waals surface area contributed by atoms with Crippen LogP contribution in [-0.4, -0.2) is 23.4 Å². The van der Waals surface area contributed by atoms with Crippen molar-refractivity contribution in [2.75, 3.05) is 12.3 Å². The molecular formula is C14H20N2O. The van der Waals surface area contributed by atoms with Crippen molar-refractivity contribution < 1.29 is 4.79 Å². The maximum Gasteiger partial charge on any atom is 0.227 e. The lowest BCUT2D eigenvalue weighted by molar-refractivity contribution is -0.133. The van der Waals surface area contributed by atoms with Gasteiger partial charge in [0.1, 0.15) is 0 Å². The van der Waals surface area contributed by atoms with Gasteiger partial charge in [-0.05, 0) is 37.8 Å². The number of anilines is 1. The number of amides is 1. The van der Waals surface area contributed by atoms with E-state index in [-0.39, 0.29) is 5.91 Å². The number of likely N-dealkylation sites (tertiary alicyclic amines) is 1. The van der Waals surface area contributed by atoms with Crippen LogP contribution < -0.4 is 5.73 Å². The quantitative estimate of drug-likeness (QED) is 0.795. The number of rotatable bonds is 2. The standard InChI is InChI=1S/C14H20N2O/c1-11-6-4-5-9-16(11)14(17)10-12-7-2-3-8-13(12)15/h2-3,7-8,11H,4-6,9-10,15H2,1H3. The number of hydrogen-bond acceptors (Lipinski definition) is 2. The van der Waals surface area contributed by atoms with Crippen molar-refractivity contribution in [2.45, 2.75) is 38.6 Å². The molecule has 1 unspecified atom stereocenters. The Bertz CT molecular complexity index is 403. The van der Waals surface area contributed by atoms with Crippen molar-refractivity contribution in [3.05, 3.63) is 29.8 Å². The molecule has 17 heavy (non-hydrogen) atoms. The van der Waals surface area contributed by atoms with Crippen LogP contribution in [0.4, 0.5) is 5.69 Å². The van der Waals surface area contributed by atoms with Crippen LogP contribution in [0.1, 0.15) is 31.7 Å². The van der Waals surface area contributed by atoms with Crippen molar-refractivity contribution >= 4 is 11.6 Å². The molecule has 3 heteroatoms. The third kappa shape index (κ3) is 2.78. The molecule has 0 bridgehead atoms. The molecule has 1 aromatic carbocycles. The molecule has 1 fully saturated rings. The molecular weight excluding hydrogens is 212 g/mol. The second kappa shape index (κ2) is 5.21. The number of hydrogen-bond donors (Lipinski definition) is 1. The van der Waals surface area contributed by atoms with E-state index in [4.69, 9.17) is 5.73 Å². The summed E-state index contributed by atoms with van der Waals surface area (Å²) in [7, 11) is 0. The van der Waals surface area contributed by atoms with Gasteiger partial charge in [-0.2, -0.15) is 0 Å². The largest absolute Gasteiger partial charge is 0.398 e. The van der Waals surface area contributed by atoms with Crippen LogP contribution in [0, 0.1) is 0 Å². The van der Waals surface area contributed by atoms with Crippen LogP contribution in [0.2, 0.25) is 0 Å². The van der Waals surface area contributed by atoms with Crippen molar-refractivity contribution in [1.29, 1.82) is 0 Å². The summed E-state index contributed by atoms with van der Waals surface area (Å²) in [5, 5.41) is 0. The molecule has 3 nitrogen and oxygen atoms in total. The van der Waals surface area contributed by atoms with E-state index in [0.29, 0.717) is 18.2 Å². The van der Waals surface area contributed by atoms with E-state index in [9.17, 15) is 4.79 Å². The number of nitrogens with zero attached hydrogens (tertiary/aromatic N) is 1. The summed E-state index contributed by atoms with van der Waals surface area (Å²) in [5.74, 6) is 0.204. The van der Waals surface area contributed by atoms with Gasteiger partial charge in [-0.1, -0.05) is 18.2 Å². The monoisotopic (exact) mass is 232 g/mol. The zero-order valence-electron chi connectivity index (χ0n) is 10.4. The fraction of sp³-hybridized carbons (Fsp3) is 0.500. The Kier molecular flexibility index (Phi) is 3.67. The van der Waals surface area contributed by atoms with E-state index in [1.807, 2.05) is 29.2 Å². The Morgan fingerprint density at radius 1 is 1.41 bits per heavy atom. The van der Waals surface area contributed by atoms with Crippen LogP contribution in [0.15, 0.2) is 24.3 Å². The molecule has 1 saturated heterocycles. The van der Waals surface area contributed by atoms with E-state index in [0.717, 1.165) is 24.9 Å². The highest BCUT2D eigenvalue weighted by atomic mass is 16.2. The van der Waals surface area contributed by atoms with Gasteiger partial charge in [-0.3, -0.25) is 4.79 Å². The Morgan fingerprint density at radius 2 is 2.18 bits per heavy atom. The van der Waals surface area contributed by atoms with E-state index in [1.54, 1.807) is 0 Å². The van der Waals surface area contributed by atoms with Crippen LogP contribution in [0.25, 0.3) is 0 Å². The number of nitrogen functional groups attached to an aromatic ring is 1. The lowest BCUT2D eigenvalue weighted by atomic mass is 10.0.